The molecule has 0 saturated heterocycles. The van der Waals surface area contributed by atoms with E-state index >= 15 is 0 Å². The molecule has 1 saturated carbocycles. The van der Waals surface area contributed by atoms with Crippen LogP contribution in [0.15, 0.2) is 36.4 Å². The van der Waals surface area contributed by atoms with Gasteiger partial charge in [-0.05, 0) is 69.0 Å². The topological polar surface area (TPSA) is 91.7 Å². The van der Waals surface area contributed by atoms with Crippen LogP contribution in [-0.4, -0.2) is 47.7 Å². The van der Waals surface area contributed by atoms with E-state index < -0.39 is 5.60 Å². The molecular weight excluding hydrogens is 514 g/mol. The highest BCUT2D eigenvalue weighted by Crippen LogP contribution is 2.55. The second kappa shape index (κ2) is 10.4. The Morgan fingerprint density at radius 3 is 2.26 bits per heavy atom. The number of carbonyl (C=O) groups excluding carboxylic acids is 2. The third-order valence-corrected chi connectivity index (χ3v) is 8.16. The summed E-state index contributed by atoms with van der Waals surface area (Å²) in [5, 5.41) is 12.8. The van der Waals surface area contributed by atoms with Crippen LogP contribution in [0.1, 0.15) is 75.5 Å². The summed E-state index contributed by atoms with van der Waals surface area (Å²) < 4.78 is 11.9. The molecule has 7 nitrogen and oxygen atoms in total. The molecule has 8 heteroatoms. The summed E-state index contributed by atoms with van der Waals surface area (Å²) in [5.74, 6) is 0.471. The van der Waals surface area contributed by atoms with Crippen LogP contribution in [0.4, 0.5) is 4.79 Å². The predicted octanol–water partition coefficient (Wildman–Crippen LogP) is 6.16. The Bertz CT molecular complexity index is 1310. The lowest BCUT2D eigenvalue weighted by atomic mass is 9.49. The number of hydrogen-bond acceptors (Lipinski definition) is 5. The third-order valence-electron chi connectivity index (χ3n) is 7.85. The lowest BCUT2D eigenvalue weighted by Gasteiger charge is -2.63. The van der Waals surface area contributed by atoms with Crippen molar-refractivity contribution in [1.82, 2.24) is 10.2 Å². The second-order valence-electron chi connectivity index (χ2n) is 12.8. The van der Waals surface area contributed by atoms with Gasteiger partial charge in [0.05, 0.1) is 10.6 Å². The number of nitrogens with zero attached hydrogens (tertiary/aromatic N) is 2. The zero-order valence-electron chi connectivity index (χ0n) is 23.9. The molecule has 4 rings (SSSR count). The summed E-state index contributed by atoms with van der Waals surface area (Å²) in [7, 11) is 0. The fourth-order valence-corrected chi connectivity index (χ4v) is 6.40. The van der Waals surface area contributed by atoms with Gasteiger partial charge in [-0.2, -0.15) is 5.26 Å². The number of amides is 2. The van der Waals surface area contributed by atoms with Crippen molar-refractivity contribution < 1.29 is 19.1 Å². The van der Waals surface area contributed by atoms with Gasteiger partial charge in [0, 0.05) is 41.6 Å². The van der Waals surface area contributed by atoms with E-state index in [1.807, 2.05) is 39.0 Å². The average molecular weight is 552 g/mol. The SMILES string of the molecule is CC(C)(C)OC(=O)N1CCc2ccc(C(=O)NC3C(C)(C)C(Oc4ccc(C#N)c(Cl)c4)C3(C)C)cc2CC1. The third kappa shape index (κ3) is 5.86. The molecule has 1 fully saturated rings. The predicted molar refractivity (Wildman–Crippen MR) is 151 cm³/mol. The van der Waals surface area contributed by atoms with Crippen molar-refractivity contribution in [1.29, 1.82) is 5.26 Å². The second-order valence-corrected chi connectivity index (χ2v) is 13.2. The average Bonchev–Trinajstić information content (AvgIpc) is 3.06. The van der Waals surface area contributed by atoms with Gasteiger partial charge in [0.25, 0.3) is 5.91 Å². The molecule has 0 unspecified atom stereocenters. The van der Waals surface area contributed by atoms with Gasteiger partial charge in [0.2, 0.25) is 0 Å². The van der Waals surface area contributed by atoms with Crippen LogP contribution < -0.4 is 10.1 Å². The number of benzene rings is 2. The number of hydrogen-bond donors (Lipinski definition) is 1. The largest absolute Gasteiger partial charge is 0.489 e. The van der Waals surface area contributed by atoms with Crippen molar-refractivity contribution in [2.24, 2.45) is 10.8 Å². The zero-order valence-corrected chi connectivity index (χ0v) is 24.6. The molecule has 0 spiro atoms. The Balaban J connectivity index is 1.43. The molecule has 1 heterocycles. The highest BCUT2D eigenvalue weighted by Gasteiger charge is 2.64. The van der Waals surface area contributed by atoms with E-state index in [2.05, 4.69) is 39.1 Å². The van der Waals surface area contributed by atoms with E-state index in [9.17, 15) is 9.59 Å². The summed E-state index contributed by atoms with van der Waals surface area (Å²) in [6, 6.07) is 12.8. The van der Waals surface area contributed by atoms with E-state index in [-0.39, 0.29) is 35.0 Å². The molecule has 1 aliphatic heterocycles. The first kappa shape index (κ1) is 28.8. The van der Waals surface area contributed by atoms with Crippen LogP contribution >= 0.6 is 11.6 Å². The summed E-state index contributed by atoms with van der Waals surface area (Å²) in [6.45, 7) is 15.1. The van der Waals surface area contributed by atoms with E-state index in [0.29, 0.717) is 41.4 Å². The van der Waals surface area contributed by atoms with E-state index in [1.54, 1.807) is 23.1 Å². The van der Waals surface area contributed by atoms with Crippen molar-refractivity contribution in [2.45, 2.75) is 79.1 Å². The fourth-order valence-electron chi connectivity index (χ4n) is 6.19. The van der Waals surface area contributed by atoms with Crippen molar-refractivity contribution in [2.75, 3.05) is 13.1 Å². The van der Waals surface area contributed by atoms with Crippen LogP contribution in [0.3, 0.4) is 0 Å². The number of fused-ring (bicyclic) bond motifs is 1. The molecule has 2 aliphatic rings. The standard InChI is InChI=1S/C31H38ClN3O4/c1-29(2,3)39-28(37)35-14-12-19-8-9-21(16-20(19)13-15-35)25(36)34-26-30(4,5)27(31(26,6)7)38-23-11-10-22(18-33)24(32)17-23/h8-11,16-17,26-27H,12-15H2,1-7H3,(H,34,36). The molecule has 208 valence electrons. The van der Waals surface area contributed by atoms with Crippen molar-refractivity contribution in [3.05, 3.63) is 63.7 Å². The summed E-state index contributed by atoms with van der Waals surface area (Å²) >= 11 is 6.21. The Kier molecular flexibility index (Phi) is 7.66. The first-order valence-corrected chi connectivity index (χ1v) is 13.8. The molecule has 2 aromatic rings. The quantitative estimate of drug-likeness (QED) is 0.491. The molecule has 0 aromatic heterocycles. The van der Waals surface area contributed by atoms with Gasteiger partial charge in [0.1, 0.15) is 23.5 Å². The van der Waals surface area contributed by atoms with E-state index in [4.69, 9.17) is 26.3 Å². The normalized spacial score (nSPS) is 21.5. The number of ether oxygens (including phenoxy) is 2. The highest BCUT2D eigenvalue weighted by molar-refractivity contribution is 6.31. The minimum absolute atomic E-state index is 0.127. The molecule has 2 aromatic carbocycles. The van der Waals surface area contributed by atoms with Crippen LogP contribution in [0.5, 0.6) is 5.75 Å². The number of nitriles is 1. The number of carbonyl (C=O) groups is 2. The molecule has 0 radical (unpaired) electrons. The van der Waals surface area contributed by atoms with Gasteiger partial charge in [-0.1, -0.05) is 45.4 Å². The number of halogens is 1. The maximum Gasteiger partial charge on any atom is 0.410 e. The van der Waals surface area contributed by atoms with Gasteiger partial charge in [0.15, 0.2) is 0 Å². The van der Waals surface area contributed by atoms with Crippen LogP contribution in [0, 0.1) is 22.2 Å². The fraction of sp³-hybridized carbons (Fsp3) is 0.516. The Hall–Kier alpha value is -3.24. The Labute approximate surface area is 236 Å². The minimum atomic E-state index is -0.538. The monoisotopic (exact) mass is 551 g/mol. The number of rotatable bonds is 4. The summed E-state index contributed by atoms with van der Waals surface area (Å²) in [6.07, 6.45) is 0.907. The smallest absolute Gasteiger partial charge is 0.410 e. The summed E-state index contributed by atoms with van der Waals surface area (Å²) in [4.78, 5) is 27.7. The highest BCUT2D eigenvalue weighted by atomic mass is 35.5. The van der Waals surface area contributed by atoms with Gasteiger partial charge in [-0.3, -0.25) is 4.79 Å². The first-order chi connectivity index (χ1) is 18.1. The van der Waals surface area contributed by atoms with Gasteiger partial charge in [-0.25, -0.2) is 4.79 Å². The van der Waals surface area contributed by atoms with Crippen molar-refractivity contribution in [3.8, 4) is 11.8 Å². The molecular formula is C31H38ClN3O4. The van der Waals surface area contributed by atoms with E-state index in [0.717, 1.165) is 17.5 Å². The molecule has 0 atom stereocenters. The first-order valence-electron chi connectivity index (χ1n) is 13.4. The molecule has 0 bridgehead atoms. The molecule has 39 heavy (non-hydrogen) atoms. The maximum atomic E-state index is 13.4. The van der Waals surface area contributed by atoms with E-state index in [1.165, 1.54) is 0 Å². The van der Waals surface area contributed by atoms with Gasteiger partial charge in [-0.15, -0.1) is 0 Å². The molecule has 1 aliphatic carbocycles. The van der Waals surface area contributed by atoms with Crippen LogP contribution in [0.25, 0.3) is 0 Å². The summed E-state index contributed by atoms with van der Waals surface area (Å²) in [5.41, 5.74) is 2.01. The number of nitrogens with one attached hydrogen (secondary N) is 1. The van der Waals surface area contributed by atoms with Gasteiger partial charge < -0.3 is 19.7 Å². The van der Waals surface area contributed by atoms with Crippen molar-refractivity contribution >= 4 is 23.6 Å². The Morgan fingerprint density at radius 1 is 1.03 bits per heavy atom. The van der Waals surface area contributed by atoms with Gasteiger partial charge >= 0.3 is 6.09 Å². The maximum absolute atomic E-state index is 13.4. The molecule has 2 amide bonds. The van der Waals surface area contributed by atoms with Crippen LogP contribution in [-0.2, 0) is 17.6 Å². The lowest BCUT2D eigenvalue weighted by molar-refractivity contribution is -0.164. The zero-order chi connectivity index (χ0) is 28.8. The molecule has 1 N–H and O–H groups in total. The lowest BCUT2D eigenvalue weighted by Crippen LogP contribution is -2.74. The van der Waals surface area contributed by atoms with Crippen molar-refractivity contribution in [3.63, 3.8) is 0 Å². The van der Waals surface area contributed by atoms with Crippen LogP contribution in [0.2, 0.25) is 5.02 Å². The minimum Gasteiger partial charge on any atom is -0.489 e. The Morgan fingerprint density at radius 2 is 1.67 bits per heavy atom.